The second-order valence-electron chi connectivity index (χ2n) is 3.94. The maximum atomic E-state index is 10.6. The summed E-state index contributed by atoms with van der Waals surface area (Å²) in [6, 6.07) is 1.89. The lowest BCUT2D eigenvalue weighted by atomic mass is 10.0. The van der Waals surface area contributed by atoms with Crippen molar-refractivity contribution in [2.24, 2.45) is 0 Å². The minimum atomic E-state index is -0.917. The second kappa shape index (κ2) is 4.57. The summed E-state index contributed by atoms with van der Waals surface area (Å²) >= 11 is 0. The van der Waals surface area contributed by atoms with Crippen LogP contribution in [0.2, 0.25) is 0 Å². The Bertz CT molecular complexity index is 437. The number of aliphatic carboxylic acids is 1. The Morgan fingerprint density at radius 3 is 2.75 bits per heavy atom. The van der Waals surface area contributed by atoms with Crippen LogP contribution < -0.4 is 5.32 Å². The highest BCUT2D eigenvalue weighted by molar-refractivity contribution is 5.69. The van der Waals surface area contributed by atoms with Gasteiger partial charge >= 0.3 is 5.97 Å². The highest BCUT2D eigenvalue weighted by atomic mass is 16.4. The van der Waals surface area contributed by atoms with Gasteiger partial charge in [-0.3, -0.25) is 4.79 Å². The third kappa shape index (κ3) is 3.20. The average molecular weight is 220 g/mol. The predicted octanol–water partition coefficient (Wildman–Crippen LogP) is 1.01. The number of rotatable bonds is 4. The van der Waals surface area contributed by atoms with E-state index in [0.717, 1.165) is 0 Å². The first-order valence-corrected chi connectivity index (χ1v) is 4.66. The number of hydrogen-bond acceptors (Lipinski definition) is 5. The van der Waals surface area contributed by atoms with Gasteiger partial charge in [-0.1, -0.05) is 0 Å². The lowest BCUT2D eigenvalue weighted by Crippen LogP contribution is -2.34. The molecule has 1 aromatic heterocycles. The highest BCUT2D eigenvalue weighted by Gasteiger charge is 2.23. The van der Waals surface area contributed by atoms with Crippen LogP contribution in [0.3, 0.4) is 0 Å². The quantitative estimate of drug-likeness (QED) is 0.785. The molecular weight excluding hydrogens is 208 g/mol. The Labute approximate surface area is 93.0 Å². The van der Waals surface area contributed by atoms with E-state index in [1.54, 1.807) is 13.8 Å². The smallest absolute Gasteiger partial charge is 0.305 e. The number of anilines is 1. The summed E-state index contributed by atoms with van der Waals surface area (Å²) in [7, 11) is 0. The van der Waals surface area contributed by atoms with Crippen LogP contribution in [0.15, 0.2) is 12.4 Å². The number of carbonyl (C=O) groups is 1. The van der Waals surface area contributed by atoms with E-state index < -0.39 is 11.5 Å². The first kappa shape index (κ1) is 11.9. The molecule has 1 rings (SSSR count). The van der Waals surface area contributed by atoms with Gasteiger partial charge in [-0.25, -0.2) is 9.97 Å². The topological polar surface area (TPSA) is 98.9 Å². The van der Waals surface area contributed by atoms with Crippen molar-refractivity contribution in [1.29, 1.82) is 5.26 Å². The van der Waals surface area contributed by atoms with Gasteiger partial charge in [-0.05, 0) is 13.8 Å². The zero-order valence-corrected chi connectivity index (χ0v) is 9.06. The minimum absolute atomic E-state index is 0.0750. The molecule has 0 aromatic carbocycles. The van der Waals surface area contributed by atoms with Crippen LogP contribution in [0.5, 0.6) is 0 Å². The molecule has 0 saturated carbocycles. The average Bonchev–Trinajstić information content (AvgIpc) is 2.15. The minimum Gasteiger partial charge on any atom is -0.481 e. The number of aromatic nitrogens is 2. The van der Waals surface area contributed by atoms with Gasteiger partial charge in [0.2, 0.25) is 0 Å². The molecule has 0 atom stereocenters. The lowest BCUT2D eigenvalue weighted by molar-refractivity contribution is -0.137. The molecule has 0 radical (unpaired) electrons. The number of carboxylic acids is 1. The number of nitriles is 1. The van der Waals surface area contributed by atoms with Crippen molar-refractivity contribution in [3.8, 4) is 6.07 Å². The van der Waals surface area contributed by atoms with Gasteiger partial charge in [-0.15, -0.1) is 0 Å². The van der Waals surface area contributed by atoms with E-state index in [2.05, 4.69) is 15.3 Å². The fourth-order valence-electron chi connectivity index (χ4n) is 1.25. The Kier molecular flexibility index (Phi) is 3.40. The van der Waals surface area contributed by atoms with Gasteiger partial charge in [0.15, 0.2) is 11.5 Å². The highest BCUT2D eigenvalue weighted by Crippen LogP contribution is 2.17. The van der Waals surface area contributed by atoms with Crippen LogP contribution >= 0.6 is 0 Å². The zero-order valence-electron chi connectivity index (χ0n) is 9.06. The first-order chi connectivity index (χ1) is 7.44. The Morgan fingerprint density at radius 1 is 1.56 bits per heavy atom. The molecule has 0 aliphatic carbocycles. The summed E-state index contributed by atoms with van der Waals surface area (Å²) in [4.78, 5) is 18.4. The molecule has 84 valence electrons. The number of hydrogen-bond donors (Lipinski definition) is 2. The largest absolute Gasteiger partial charge is 0.481 e. The van der Waals surface area contributed by atoms with Crippen LogP contribution in [0.1, 0.15) is 26.0 Å². The Morgan fingerprint density at radius 2 is 2.19 bits per heavy atom. The summed E-state index contributed by atoms with van der Waals surface area (Å²) in [5.41, 5.74) is -0.533. The zero-order chi connectivity index (χ0) is 12.2. The maximum absolute atomic E-state index is 10.6. The number of nitrogens with zero attached hydrogens (tertiary/aromatic N) is 3. The molecule has 0 aliphatic rings. The van der Waals surface area contributed by atoms with Crippen molar-refractivity contribution >= 4 is 11.8 Å². The summed E-state index contributed by atoms with van der Waals surface area (Å²) in [5, 5.41) is 20.4. The number of nitrogens with one attached hydrogen (secondary N) is 1. The molecule has 0 amide bonds. The molecule has 0 aliphatic heterocycles. The molecule has 16 heavy (non-hydrogen) atoms. The van der Waals surface area contributed by atoms with Gasteiger partial charge in [0.05, 0.1) is 6.42 Å². The summed E-state index contributed by atoms with van der Waals surface area (Å²) in [6.45, 7) is 3.44. The van der Waals surface area contributed by atoms with E-state index in [0.29, 0.717) is 5.82 Å². The van der Waals surface area contributed by atoms with Crippen LogP contribution in [0, 0.1) is 11.3 Å². The van der Waals surface area contributed by atoms with Gasteiger partial charge < -0.3 is 10.4 Å². The molecular formula is C10H12N4O2. The molecule has 0 fully saturated rings. The molecule has 0 unspecified atom stereocenters. The van der Waals surface area contributed by atoms with Gasteiger partial charge in [0.25, 0.3) is 0 Å². The maximum Gasteiger partial charge on any atom is 0.305 e. The third-order valence-corrected chi connectivity index (χ3v) is 1.85. The second-order valence-corrected chi connectivity index (χ2v) is 3.94. The molecule has 6 nitrogen and oxygen atoms in total. The van der Waals surface area contributed by atoms with Crippen molar-refractivity contribution in [1.82, 2.24) is 9.97 Å². The lowest BCUT2D eigenvalue weighted by Gasteiger charge is -2.24. The summed E-state index contributed by atoms with van der Waals surface area (Å²) in [6.07, 6.45) is 2.78. The monoisotopic (exact) mass is 220 g/mol. The summed E-state index contributed by atoms with van der Waals surface area (Å²) < 4.78 is 0. The van der Waals surface area contributed by atoms with E-state index in [9.17, 15) is 4.79 Å². The van der Waals surface area contributed by atoms with Crippen molar-refractivity contribution in [2.45, 2.75) is 25.8 Å². The van der Waals surface area contributed by atoms with E-state index in [4.69, 9.17) is 10.4 Å². The van der Waals surface area contributed by atoms with Gasteiger partial charge in [0, 0.05) is 17.9 Å². The third-order valence-electron chi connectivity index (χ3n) is 1.85. The fourth-order valence-corrected chi connectivity index (χ4v) is 1.25. The van der Waals surface area contributed by atoms with Crippen molar-refractivity contribution < 1.29 is 9.90 Å². The first-order valence-electron chi connectivity index (χ1n) is 4.66. The summed E-state index contributed by atoms with van der Waals surface area (Å²) in [5.74, 6) is -0.615. The van der Waals surface area contributed by atoms with Crippen molar-refractivity contribution in [3.63, 3.8) is 0 Å². The Balaban J connectivity index is 2.88. The van der Waals surface area contributed by atoms with E-state index >= 15 is 0 Å². The van der Waals surface area contributed by atoms with Gasteiger partial charge in [0.1, 0.15) is 6.07 Å². The molecule has 0 spiro atoms. The SMILES string of the molecule is CC(C)(CC(=O)O)Nc1nccnc1C#N. The molecule has 0 saturated heterocycles. The van der Waals surface area contributed by atoms with Crippen LogP contribution in [-0.2, 0) is 4.79 Å². The van der Waals surface area contributed by atoms with Crippen LogP contribution in [0.4, 0.5) is 5.82 Å². The molecule has 0 bridgehead atoms. The predicted molar refractivity (Wildman–Crippen MR) is 56.7 cm³/mol. The van der Waals surface area contributed by atoms with Crippen molar-refractivity contribution in [2.75, 3.05) is 5.32 Å². The molecule has 2 N–H and O–H groups in total. The standard InChI is InChI=1S/C10H12N4O2/c1-10(2,5-8(15)16)14-9-7(6-11)12-3-4-13-9/h3-4H,5H2,1-2H3,(H,13,14)(H,15,16). The van der Waals surface area contributed by atoms with Crippen molar-refractivity contribution in [3.05, 3.63) is 18.1 Å². The van der Waals surface area contributed by atoms with Crippen LogP contribution in [-0.4, -0.2) is 26.6 Å². The molecule has 6 heteroatoms. The fraction of sp³-hybridized carbons (Fsp3) is 0.400. The van der Waals surface area contributed by atoms with E-state index in [1.807, 2.05) is 6.07 Å². The number of carboxylic acid groups (broad SMARTS) is 1. The normalized spacial score (nSPS) is 10.6. The van der Waals surface area contributed by atoms with Crippen LogP contribution in [0.25, 0.3) is 0 Å². The van der Waals surface area contributed by atoms with E-state index in [1.165, 1.54) is 12.4 Å². The molecule has 1 aromatic rings. The van der Waals surface area contributed by atoms with E-state index in [-0.39, 0.29) is 12.1 Å². The van der Waals surface area contributed by atoms with Gasteiger partial charge in [-0.2, -0.15) is 5.26 Å². The Hall–Kier alpha value is -2.16. The molecule has 1 heterocycles.